The van der Waals surface area contributed by atoms with E-state index in [0.717, 1.165) is 21.6 Å². The molecule has 96 valence electrons. The van der Waals surface area contributed by atoms with E-state index < -0.39 is 0 Å². The lowest BCUT2D eigenvalue weighted by atomic mass is 10.1. The highest BCUT2D eigenvalue weighted by Crippen LogP contribution is 2.32. The Morgan fingerprint density at radius 3 is 2.79 bits per heavy atom. The molecular formula is C15H14N2OS. The van der Waals surface area contributed by atoms with Crippen LogP contribution in [0.3, 0.4) is 0 Å². The second-order valence-corrected chi connectivity index (χ2v) is 5.35. The van der Waals surface area contributed by atoms with E-state index in [0.29, 0.717) is 11.8 Å². The van der Waals surface area contributed by atoms with Gasteiger partial charge in [0.1, 0.15) is 5.52 Å². The lowest BCUT2D eigenvalue weighted by molar-refractivity contribution is 0.489. The van der Waals surface area contributed by atoms with Gasteiger partial charge in [0.2, 0.25) is 0 Å². The van der Waals surface area contributed by atoms with Gasteiger partial charge in [-0.05, 0) is 48.0 Å². The van der Waals surface area contributed by atoms with Gasteiger partial charge in [-0.15, -0.1) is 0 Å². The lowest BCUT2D eigenvalue weighted by Crippen LogP contribution is -1.96. The quantitative estimate of drug-likeness (QED) is 0.787. The monoisotopic (exact) mass is 270 g/mol. The van der Waals surface area contributed by atoms with Gasteiger partial charge >= 0.3 is 0 Å². The van der Waals surface area contributed by atoms with Gasteiger partial charge in [-0.25, -0.2) is 4.98 Å². The minimum atomic E-state index is 0.564. The molecule has 0 aliphatic rings. The Morgan fingerprint density at radius 1 is 1.21 bits per heavy atom. The Hall–Kier alpha value is -1.78. The molecule has 0 unspecified atom stereocenters. The van der Waals surface area contributed by atoms with E-state index in [1.165, 1.54) is 5.56 Å². The molecule has 3 nitrogen and oxygen atoms in total. The third-order valence-corrected chi connectivity index (χ3v) is 3.97. The summed E-state index contributed by atoms with van der Waals surface area (Å²) in [5.74, 6) is 0. The van der Waals surface area contributed by atoms with Crippen molar-refractivity contribution in [1.29, 1.82) is 0 Å². The molecule has 0 aliphatic heterocycles. The Morgan fingerprint density at radius 2 is 2.05 bits per heavy atom. The summed E-state index contributed by atoms with van der Waals surface area (Å²) in [5.41, 5.74) is 9.67. The predicted molar refractivity (Wildman–Crippen MR) is 77.2 cm³/mol. The second kappa shape index (κ2) is 5.07. The lowest BCUT2D eigenvalue weighted by Gasteiger charge is -2.04. The molecular weight excluding hydrogens is 256 g/mol. The van der Waals surface area contributed by atoms with E-state index in [2.05, 4.69) is 24.0 Å². The summed E-state index contributed by atoms with van der Waals surface area (Å²) in [6, 6.07) is 14.0. The van der Waals surface area contributed by atoms with Crippen LogP contribution in [0, 0.1) is 6.92 Å². The fourth-order valence-electron chi connectivity index (χ4n) is 1.94. The number of nitrogens with two attached hydrogens (primary N) is 1. The standard InChI is InChI=1S/C15H14N2OS/c1-10-8-11(9-16)6-7-14(10)19-15-17-12-4-2-3-5-13(12)18-15/h2-8H,9,16H2,1H3. The zero-order valence-electron chi connectivity index (χ0n) is 10.6. The van der Waals surface area contributed by atoms with E-state index in [-0.39, 0.29) is 0 Å². The molecule has 1 heterocycles. The van der Waals surface area contributed by atoms with Crippen LogP contribution < -0.4 is 5.73 Å². The number of fused-ring (bicyclic) bond motifs is 1. The van der Waals surface area contributed by atoms with E-state index in [1.807, 2.05) is 30.3 Å². The minimum Gasteiger partial charge on any atom is -0.431 e. The first-order valence-electron chi connectivity index (χ1n) is 6.09. The third kappa shape index (κ3) is 2.50. The van der Waals surface area contributed by atoms with Gasteiger partial charge < -0.3 is 10.2 Å². The van der Waals surface area contributed by atoms with Gasteiger partial charge in [0, 0.05) is 11.4 Å². The molecule has 0 saturated carbocycles. The largest absolute Gasteiger partial charge is 0.431 e. The number of benzene rings is 2. The Labute approximate surface area is 115 Å². The smallest absolute Gasteiger partial charge is 0.261 e. The van der Waals surface area contributed by atoms with Crippen molar-refractivity contribution < 1.29 is 4.42 Å². The van der Waals surface area contributed by atoms with E-state index in [9.17, 15) is 0 Å². The summed E-state index contributed by atoms with van der Waals surface area (Å²) in [5, 5.41) is 0.671. The van der Waals surface area contributed by atoms with Crippen molar-refractivity contribution in [2.45, 2.75) is 23.6 Å². The summed E-state index contributed by atoms with van der Waals surface area (Å²) >= 11 is 1.54. The van der Waals surface area contributed by atoms with Crippen molar-refractivity contribution in [3.05, 3.63) is 53.6 Å². The van der Waals surface area contributed by atoms with Crippen molar-refractivity contribution in [3.8, 4) is 0 Å². The number of oxazole rings is 1. The molecule has 0 spiro atoms. The molecule has 0 bridgehead atoms. The molecule has 3 rings (SSSR count). The Bertz CT molecular complexity index is 688. The van der Waals surface area contributed by atoms with Gasteiger partial charge in [0.05, 0.1) is 0 Å². The number of hydrogen-bond donors (Lipinski definition) is 1. The maximum atomic E-state index is 5.71. The number of rotatable bonds is 3. The average Bonchev–Trinajstić information content (AvgIpc) is 2.83. The van der Waals surface area contributed by atoms with Crippen LogP contribution in [0.4, 0.5) is 0 Å². The molecule has 2 aromatic carbocycles. The zero-order valence-corrected chi connectivity index (χ0v) is 11.4. The van der Waals surface area contributed by atoms with Gasteiger partial charge in [-0.2, -0.15) is 0 Å². The van der Waals surface area contributed by atoms with Gasteiger partial charge in [0.15, 0.2) is 5.58 Å². The second-order valence-electron chi connectivity index (χ2n) is 4.35. The summed E-state index contributed by atoms with van der Waals surface area (Å²) in [6.45, 7) is 2.64. The minimum absolute atomic E-state index is 0.564. The Kier molecular flexibility index (Phi) is 3.27. The molecule has 0 aliphatic carbocycles. The van der Waals surface area contributed by atoms with E-state index in [1.54, 1.807) is 11.8 Å². The van der Waals surface area contributed by atoms with Crippen LogP contribution in [-0.4, -0.2) is 4.98 Å². The van der Waals surface area contributed by atoms with Crippen LogP contribution in [0.25, 0.3) is 11.1 Å². The SMILES string of the molecule is Cc1cc(CN)ccc1Sc1nc2ccccc2o1. The first-order chi connectivity index (χ1) is 9.26. The fourth-order valence-corrected chi connectivity index (χ4v) is 2.76. The molecule has 19 heavy (non-hydrogen) atoms. The number of aryl methyl sites for hydroxylation is 1. The van der Waals surface area contributed by atoms with Crippen LogP contribution in [0.5, 0.6) is 0 Å². The molecule has 0 fully saturated rings. The molecule has 0 saturated heterocycles. The fraction of sp³-hybridized carbons (Fsp3) is 0.133. The van der Waals surface area contributed by atoms with Gasteiger partial charge in [-0.1, -0.05) is 24.3 Å². The highest BCUT2D eigenvalue weighted by Gasteiger charge is 2.08. The maximum Gasteiger partial charge on any atom is 0.261 e. The van der Waals surface area contributed by atoms with Crippen LogP contribution in [0.15, 0.2) is 57.0 Å². The van der Waals surface area contributed by atoms with Crippen molar-refractivity contribution in [3.63, 3.8) is 0 Å². The Balaban J connectivity index is 1.92. The highest BCUT2D eigenvalue weighted by molar-refractivity contribution is 7.99. The van der Waals surface area contributed by atoms with E-state index in [4.69, 9.17) is 10.2 Å². The van der Waals surface area contributed by atoms with Crippen molar-refractivity contribution in [2.24, 2.45) is 5.73 Å². The zero-order chi connectivity index (χ0) is 13.2. The van der Waals surface area contributed by atoms with Crippen LogP contribution in [0.1, 0.15) is 11.1 Å². The number of nitrogens with zero attached hydrogens (tertiary/aromatic N) is 1. The predicted octanol–water partition coefficient (Wildman–Crippen LogP) is 3.75. The van der Waals surface area contributed by atoms with Gasteiger partial charge in [0.25, 0.3) is 5.22 Å². The summed E-state index contributed by atoms with van der Waals surface area (Å²) in [7, 11) is 0. The van der Waals surface area contributed by atoms with Crippen LogP contribution in [-0.2, 0) is 6.54 Å². The number of hydrogen-bond acceptors (Lipinski definition) is 4. The molecule has 1 aromatic heterocycles. The third-order valence-electron chi connectivity index (χ3n) is 2.95. The van der Waals surface area contributed by atoms with Crippen LogP contribution in [0.2, 0.25) is 0 Å². The molecule has 3 aromatic rings. The average molecular weight is 270 g/mol. The van der Waals surface area contributed by atoms with Crippen LogP contribution >= 0.6 is 11.8 Å². The highest BCUT2D eigenvalue weighted by atomic mass is 32.2. The van der Waals surface area contributed by atoms with Crippen molar-refractivity contribution in [2.75, 3.05) is 0 Å². The number of aromatic nitrogens is 1. The summed E-state index contributed by atoms with van der Waals surface area (Å²) < 4.78 is 5.71. The van der Waals surface area contributed by atoms with Crippen molar-refractivity contribution >= 4 is 22.9 Å². The molecule has 2 N–H and O–H groups in total. The van der Waals surface area contributed by atoms with Gasteiger partial charge in [-0.3, -0.25) is 0 Å². The molecule has 4 heteroatoms. The summed E-state index contributed by atoms with van der Waals surface area (Å²) in [6.07, 6.45) is 0. The first kappa shape index (κ1) is 12.3. The van der Waals surface area contributed by atoms with Crippen molar-refractivity contribution in [1.82, 2.24) is 4.98 Å². The molecule has 0 radical (unpaired) electrons. The normalized spacial score (nSPS) is 11.1. The maximum absolute atomic E-state index is 5.71. The first-order valence-corrected chi connectivity index (χ1v) is 6.91. The topological polar surface area (TPSA) is 52.0 Å². The number of para-hydroxylation sites is 2. The summed E-state index contributed by atoms with van der Waals surface area (Å²) in [4.78, 5) is 5.61. The van der Waals surface area contributed by atoms with E-state index >= 15 is 0 Å². The molecule has 0 amide bonds. The molecule has 0 atom stereocenters.